The summed E-state index contributed by atoms with van der Waals surface area (Å²) in [4.78, 5) is 26.2. The van der Waals surface area contributed by atoms with Crippen molar-refractivity contribution in [1.82, 2.24) is 5.32 Å². The first-order valence-corrected chi connectivity index (χ1v) is 8.57. The van der Waals surface area contributed by atoms with Crippen LogP contribution in [-0.4, -0.2) is 32.2 Å². The lowest BCUT2D eigenvalue weighted by atomic mass is 10.1. The number of hydrogen-bond donors (Lipinski definition) is 1. The minimum atomic E-state index is -0.252. The zero-order valence-corrected chi connectivity index (χ0v) is 15.0. The number of amides is 2. The number of benzene rings is 2. The third-order valence-corrected chi connectivity index (χ3v) is 4.27. The van der Waals surface area contributed by atoms with E-state index in [9.17, 15) is 9.59 Å². The molecule has 27 heavy (non-hydrogen) atoms. The Bertz CT molecular complexity index is 901. The van der Waals surface area contributed by atoms with Crippen LogP contribution in [0.2, 0.25) is 0 Å². The van der Waals surface area contributed by atoms with Crippen molar-refractivity contribution in [3.8, 4) is 23.8 Å². The van der Waals surface area contributed by atoms with Gasteiger partial charge in [-0.25, -0.2) is 0 Å². The molecule has 3 rings (SSSR count). The molecule has 0 saturated carbocycles. The van der Waals surface area contributed by atoms with Crippen LogP contribution in [0.4, 0.5) is 5.69 Å². The molecule has 0 spiro atoms. The highest BCUT2D eigenvalue weighted by Gasteiger charge is 2.20. The van der Waals surface area contributed by atoms with Crippen LogP contribution < -0.4 is 19.7 Å². The predicted molar refractivity (Wildman–Crippen MR) is 102 cm³/mol. The average Bonchev–Trinajstić information content (AvgIpc) is 3.17. The molecule has 1 N–H and O–H groups in total. The molecule has 1 aliphatic heterocycles. The van der Waals surface area contributed by atoms with Gasteiger partial charge in [0, 0.05) is 24.7 Å². The summed E-state index contributed by atoms with van der Waals surface area (Å²) >= 11 is 0. The number of aryl methyl sites for hydroxylation is 1. The first-order chi connectivity index (χ1) is 13.1. The van der Waals surface area contributed by atoms with Gasteiger partial charge in [-0.2, -0.15) is 0 Å². The summed E-state index contributed by atoms with van der Waals surface area (Å²) in [6.07, 6.45) is 6.22. The molecule has 6 nitrogen and oxygen atoms in total. The maximum absolute atomic E-state index is 12.8. The van der Waals surface area contributed by atoms with Crippen LogP contribution in [0.5, 0.6) is 11.5 Å². The smallest absolute Gasteiger partial charge is 0.239 e. The summed E-state index contributed by atoms with van der Waals surface area (Å²) in [5, 5.41) is 2.55. The Morgan fingerprint density at radius 2 is 2.00 bits per heavy atom. The van der Waals surface area contributed by atoms with Crippen molar-refractivity contribution >= 4 is 17.5 Å². The van der Waals surface area contributed by atoms with Gasteiger partial charge in [-0.1, -0.05) is 18.1 Å². The minimum Gasteiger partial charge on any atom is -0.454 e. The molecule has 0 radical (unpaired) electrons. The molecule has 0 saturated heterocycles. The molecule has 0 bridgehead atoms. The van der Waals surface area contributed by atoms with E-state index in [0.717, 1.165) is 5.56 Å². The summed E-state index contributed by atoms with van der Waals surface area (Å²) in [6.45, 7) is 0.146. The monoisotopic (exact) mass is 364 g/mol. The largest absolute Gasteiger partial charge is 0.454 e. The van der Waals surface area contributed by atoms with E-state index in [0.29, 0.717) is 29.2 Å². The summed E-state index contributed by atoms with van der Waals surface area (Å²) in [5.74, 6) is 3.52. The molecule has 0 fully saturated rings. The van der Waals surface area contributed by atoms with Crippen molar-refractivity contribution < 1.29 is 19.1 Å². The van der Waals surface area contributed by atoms with Crippen molar-refractivity contribution in [2.45, 2.75) is 12.8 Å². The van der Waals surface area contributed by atoms with Gasteiger partial charge in [0.2, 0.25) is 18.6 Å². The lowest BCUT2D eigenvalue weighted by molar-refractivity contribution is -0.123. The summed E-state index contributed by atoms with van der Waals surface area (Å²) in [6, 6.07) is 12.6. The molecule has 6 heteroatoms. The second-order valence-corrected chi connectivity index (χ2v) is 6.04. The van der Waals surface area contributed by atoms with Gasteiger partial charge in [0.05, 0.1) is 0 Å². The summed E-state index contributed by atoms with van der Waals surface area (Å²) < 4.78 is 10.7. The first kappa shape index (κ1) is 18.3. The van der Waals surface area contributed by atoms with E-state index in [1.165, 1.54) is 11.9 Å². The highest BCUT2D eigenvalue weighted by Crippen LogP contribution is 2.32. The quantitative estimate of drug-likeness (QED) is 0.797. The number of terminal acetylenes is 1. The Balaban J connectivity index is 1.74. The van der Waals surface area contributed by atoms with Gasteiger partial charge in [-0.15, -0.1) is 6.42 Å². The van der Waals surface area contributed by atoms with Crippen molar-refractivity contribution in [2.24, 2.45) is 0 Å². The topological polar surface area (TPSA) is 67.9 Å². The fourth-order valence-corrected chi connectivity index (χ4v) is 2.79. The summed E-state index contributed by atoms with van der Waals surface area (Å²) in [7, 11) is 1.54. The van der Waals surface area contributed by atoms with E-state index in [-0.39, 0.29) is 31.6 Å². The van der Waals surface area contributed by atoms with E-state index < -0.39 is 0 Å². The van der Waals surface area contributed by atoms with Gasteiger partial charge in [0.1, 0.15) is 6.54 Å². The molecule has 1 aliphatic rings. The number of fused-ring (bicyclic) bond motifs is 1. The Morgan fingerprint density at radius 3 is 2.78 bits per heavy atom. The van der Waals surface area contributed by atoms with Crippen molar-refractivity contribution in [3.63, 3.8) is 0 Å². The van der Waals surface area contributed by atoms with Crippen LogP contribution in [0.1, 0.15) is 17.5 Å². The lowest BCUT2D eigenvalue weighted by Gasteiger charge is -2.22. The number of anilines is 1. The van der Waals surface area contributed by atoms with Crippen LogP contribution in [-0.2, 0) is 16.0 Å². The number of likely N-dealkylation sites (N-methyl/N-ethyl adjacent to an activating group) is 1. The zero-order valence-electron chi connectivity index (χ0n) is 15.0. The molecule has 0 unspecified atom stereocenters. The van der Waals surface area contributed by atoms with Crippen LogP contribution in [0, 0.1) is 12.3 Å². The standard InChI is InChI=1S/C21H20N2O4/c1-3-15-5-4-6-17(11-15)23(13-20(24)22-2)21(25)10-8-16-7-9-18-19(12-16)27-14-26-18/h1,4-7,9,11-12H,8,10,13-14H2,2H3,(H,22,24). The van der Waals surface area contributed by atoms with Crippen molar-refractivity contribution in [3.05, 3.63) is 53.6 Å². The van der Waals surface area contributed by atoms with Gasteiger partial charge in [0.15, 0.2) is 11.5 Å². The molecule has 0 atom stereocenters. The lowest BCUT2D eigenvalue weighted by Crippen LogP contribution is -2.40. The molecule has 2 aromatic rings. The number of carbonyl (C=O) groups excluding carboxylic acids is 2. The number of ether oxygens (including phenoxy) is 2. The predicted octanol–water partition coefficient (Wildman–Crippen LogP) is 2.11. The van der Waals surface area contributed by atoms with E-state index in [2.05, 4.69) is 11.2 Å². The number of nitrogens with zero attached hydrogens (tertiary/aromatic N) is 1. The normalized spacial score (nSPS) is 11.6. The maximum atomic E-state index is 12.8. The second-order valence-electron chi connectivity index (χ2n) is 6.04. The average molecular weight is 364 g/mol. The molecule has 2 amide bonds. The van der Waals surface area contributed by atoms with Crippen molar-refractivity contribution in [1.29, 1.82) is 0 Å². The van der Waals surface area contributed by atoms with Gasteiger partial charge < -0.3 is 19.7 Å². The molecule has 0 aromatic heterocycles. The maximum Gasteiger partial charge on any atom is 0.239 e. The van der Waals surface area contributed by atoms with Crippen LogP contribution >= 0.6 is 0 Å². The zero-order chi connectivity index (χ0) is 19.2. The Hall–Kier alpha value is -3.46. The molecular formula is C21H20N2O4. The third-order valence-electron chi connectivity index (χ3n) is 4.27. The van der Waals surface area contributed by atoms with E-state index in [1.807, 2.05) is 18.2 Å². The highest BCUT2D eigenvalue weighted by molar-refractivity contribution is 5.98. The number of rotatable bonds is 6. The fraction of sp³-hybridized carbons (Fsp3) is 0.238. The molecule has 1 heterocycles. The summed E-state index contributed by atoms with van der Waals surface area (Å²) in [5.41, 5.74) is 2.22. The molecule has 0 aliphatic carbocycles. The minimum absolute atomic E-state index is 0.0650. The van der Waals surface area contributed by atoms with E-state index in [4.69, 9.17) is 15.9 Å². The number of nitrogens with one attached hydrogen (secondary N) is 1. The third kappa shape index (κ3) is 4.39. The van der Waals surface area contributed by atoms with Crippen LogP contribution in [0.15, 0.2) is 42.5 Å². The Kier molecular flexibility index (Phi) is 5.62. The fourth-order valence-electron chi connectivity index (χ4n) is 2.79. The Morgan fingerprint density at radius 1 is 1.19 bits per heavy atom. The van der Waals surface area contributed by atoms with Gasteiger partial charge in [-0.3, -0.25) is 9.59 Å². The van der Waals surface area contributed by atoms with Crippen LogP contribution in [0.3, 0.4) is 0 Å². The van der Waals surface area contributed by atoms with Crippen molar-refractivity contribution in [2.75, 3.05) is 25.3 Å². The molecule has 138 valence electrons. The van der Waals surface area contributed by atoms with Gasteiger partial charge in [-0.05, 0) is 42.3 Å². The number of carbonyl (C=O) groups is 2. The van der Waals surface area contributed by atoms with E-state index in [1.54, 1.807) is 24.3 Å². The molecule has 2 aromatic carbocycles. The second kappa shape index (κ2) is 8.28. The first-order valence-electron chi connectivity index (χ1n) is 8.57. The molecular weight excluding hydrogens is 344 g/mol. The van der Waals surface area contributed by atoms with Gasteiger partial charge >= 0.3 is 0 Å². The van der Waals surface area contributed by atoms with Crippen LogP contribution in [0.25, 0.3) is 0 Å². The van der Waals surface area contributed by atoms with E-state index >= 15 is 0 Å². The number of hydrogen-bond acceptors (Lipinski definition) is 4. The SMILES string of the molecule is C#Cc1cccc(N(CC(=O)NC)C(=O)CCc2ccc3c(c2)OCO3)c1. The Labute approximate surface area is 158 Å². The van der Waals surface area contributed by atoms with Gasteiger partial charge in [0.25, 0.3) is 0 Å². The highest BCUT2D eigenvalue weighted by atomic mass is 16.7.